The molecule has 0 saturated heterocycles. The summed E-state index contributed by atoms with van der Waals surface area (Å²) in [5.74, 6) is 0.799. The quantitative estimate of drug-likeness (QED) is 0.755. The number of rotatable bonds is 6. The summed E-state index contributed by atoms with van der Waals surface area (Å²) in [7, 11) is 0. The molecule has 2 heterocycles. The van der Waals surface area contributed by atoms with Crippen LogP contribution in [-0.4, -0.2) is 38.4 Å². The molecule has 0 fully saturated rings. The lowest BCUT2D eigenvalue weighted by Gasteiger charge is -2.33. The highest BCUT2D eigenvalue weighted by Crippen LogP contribution is 2.25. The van der Waals surface area contributed by atoms with E-state index in [2.05, 4.69) is 20.8 Å². The van der Waals surface area contributed by atoms with Gasteiger partial charge in [-0.1, -0.05) is 33.8 Å². The summed E-state index contributed by atoms with van der Waals surface area (Å²) in [6.07, 6.45) is 1.37. The van der Waals surface area contributed by atoms with Gasteiger partial charge in [0.05, 0.1) is 12.1 Å². The number of nitrogens with zero attached hydrogens (tertiary/aromatic N) is 3. The van der Waals surface area contributed by atoms with E-state index in [0.29, 0.717) is 12.4 Å². The maximum Gasteiger partial charge on any atom is 0.315 e. The van der Waals surface area contributed by atoms with Gasteiger partial charge in [0.2, 0.25) is 0 Å². The number of fused-ring (bicyclic) bond motifs is 1. The van der Waals surface area contributed by atoms with E-state index in [-0.39, 0.29) is 18.0 Å². The molecule has 0 aromatic carbocycles. The SMILES string of the molecule is CC(NC(=O)NCC(C)(C)C(O)C(C)C)c1nnc2ccccn12. The lowest BCUT2D eigenvalue weighted by atomic mass is 9.81. The number of amides is 2. The van der Waals surface area contributed by atoms with Crippen molar-refractivity contribution >= 4 is 11.7 Å². The molecule has 0 aliphatic heterocycles. The first kappa shape index (κ1) is 18.2. The molecule has 2 unspecified atom stereocenters. The predicted molar refractivity (Wildman–Crippen MR) is 92.6 cm³/mol. The maximum absolute atomic E-state index is 12.2. The molecule has 0 bridgehead atoms. The third kappa shape index (κ3) is 4.03. The van der Waals surface area contributed by atoms with Crippen LogP contribution < -0.4 is 10.6 Å². The number of pyridine rings is 1. The van der Waals surface area contributed by atoms with E-state index in [1.165, 1.54) is 0 Å². The summed E-state index contributed by atoms with van der Waals surface area (Å²) in [5.41, 5.74) is 0.332. The molecule has 0 aliphatic carbocycles. The molecule has 132 valence electrons. The van der Waals surface area contributed by atoms with Crippen molar-refractivity contribution in [2.24, 2.45) is 11.3 Å². The number of aliphatic hydroxyl groups is 1. The summed E-state index contributed by atoms with van der Waals surface area (Å²) >= 11 is 0. The highest BCUT2D eigenvalue weighted by molar-refractivity contribution is 5.74. The summed E-state index contributed by atoms with van der Waals surface area (Å²) in [4.78, 5) is 12.2. The van der Waals surface area contributed by atoms with Gasteiger partial charge < -0.3 is 15.7 Å². The van der Waals surface area contributed by atoms with E-state index in [9.17, 15) is 9.90 Å². The van der Waals surface area contributed by atoms with Crippen LogP contribution in [0.25, 0.3) is 5.65 Å². The minimum Gasteiger partial charge on any atom is -0.392 e. The Balaban J connectivity index is 1.95. The Morgan fingerprint density at radius 2 is 2.00 bits per heavy atom. The van der Waals surface area contributed by atoms with Crippen LogP contribution in [0.3, 0.4) is 0 Å². The standard InChI is InChI=1S/C17H27N5O2/c1-11(2)14(23)17(4,5)10-18-16(24)19-12(3)15-21-20-13-8-6-7-9-22(13)15/h6-9,11-12,14,23H,10H2,1-5H3,(H2,18,19,24). The van der Waals surface area contributed by atoms with Crippen molar-refractivity contribution in [1.82, 2.24) is 25.2 Å². The van der Waals surface area contributed by atoms with E-state index < -0.39 is 11.5 Å². The van der Waals surface area contributed by atoms with Gasteiger partial charge in [0, 0.05) is 18.2 Å². The Hall–Kier alpha value is -2.15. The van der Waals surface area contributed by atoms with Crippen molar-refractivity contribution < 1.29 is 9.90 Å². The van der Waals surface area contributed by atoms with Gasteiger partial charge in [0.25, 0.3) is 0 Å². The Morgan fingerprint density at radius 1 is 1.29 bits per heavy atom. The molecule has 2 aromatic rings. The van der Waals surface area contributed by atoms with Crippen LogP contribution in [0.5, 0.6) is 0 Å². The fraction of sp³-hybridized carbons (Fsp3) is 0.588. The second-order valence-electron chi connectivity index (χ2n) is 7.21. The molecule has 0 saturated carbocycles. The number of urea groups is 1. The van der Waals surface area contributed by atoms with Crippen LogP contribution in [0.1, 0.15) is 46.5 Å². The van der Waals surface area contributed by atoms with Gasteiger partial charge in [-0.3, -0.25) is 4.40 Å². The minimum atomic E-state index is -0.490. The Labute approximate surface area is 142 Å². The molecule has 3 N–H and O–H groups in total. The molecule has 7 nitrogen and oxygen atoms in total. The molecule has 2 rings (SSSR count). The van der Waals surface area contributed by atoms with Gasteiger partial charge >= 0.3 is 6.03 Å². The Kier molecular flexibility index (Phi) is 5.43. The largest absolute Gasteiger partial charge is 0.392 e. The number of carbonyl (C=O) groups is 1. The van der Waals surface area contributed by atoms with E-state index in [1.807, 2.05) is 63.4 Å². The second kappa shape index (κ2) is 7.17. The van der Waals surface area contributed by atoms with E-state index in [0.717, 1.165) is 5.65 Å². The third-order valence-electron chi connectivity index (χ3n) is 4.21. The van der Waals surface area contributed by atoms with Gasteiger partial charge in [0.15, 0.2) is 11.5 Å². The van der Waals surface area contributed by atoms with Gasteiger partial charge in [0.1, 0.15) is 0 Å². The molecule has 2 aromatic heterocycles. The van der Waals surface area contributed by atoms with E-state index in [1.54, 1.807) is 0 Å². The molecule has 0 aliphatic rings. The maximum atomic E-state index is 12.2. The number of carbonyl (C=O) groups excluding carboxylic acids is 1. The van der Waals surface area contributed by atoms with Gasteiger partial charge in [-0.15, -0.1) is 10.2 Å². The van der Waals surface area contributed by atoms with Crippen molar-refractivity contribution in [3.8, 4) is 0 Å². The molecule has 0 spiro atoms. The van der Waals surface area contributed by atoms with Crippen LogP contribution in [-0.2, 0) is 0 Å². The van der Waals surface area contributed by atoms with Crippen LogP contribution in [0.2, 0.25) is 0 Å². The monoisotopic (exact) mass is 333 g/mol. The van der Waals surface area contributed by atoms with Crippen molar-refractivity contribution in [2.75, 3.05) is 6.54 Å². The zero-order chi connectivity index (χ0) is 17.9. The van der Waals surface area contributed by atoms with Crippen molar-refractivity contribution in [3.63, 3.8) is 0 Å². The first-order chi connectivity index (χ1) is 11.2. The van der Waals surface area contributed by atoms with Crippen LogP contribution in [0, 0.1) is 11.3 Å². The highest BCUT2D eigenvalue weighted by Gasteiger charge is 2.30. The summed E-state index contributed by atoms with van der Waals surface area (Å²) < 4.78 is 1.84. The second-order valence-corrected chi connectivity index (χ2v) is 7.21. The van der Waals surface area contributed by atoms with E-state index in [4.69, 9.17) is 0 Å². The summed E-state index contributed by atoms with van der Waals surface area (Å²) in [6, 6.07) is 5.06. The molecule has 0 radical (unpaired) electrons. The van der Waals surface area contributed by atoms with Crippen LogP contribution in [0.15, 0.2) is 24.4 Å². The summed E-state index contributed by atoms with van der Waals surface area (Å²) in [5, 5.41) is 24.1. The minimum absolute atomic E-state index is 0.131. The molecule has 24 heavy (non-hydrogen) atoms. The zero-order valence-electron chi connectivity index (χ0n) is 14.9. The lowest BCUT2D eigenvalue weighted by molar-refractivity contribution is 0.0151. The third-order valence-corrected chi connectivity index (χ3v) is 4.21. The molecular formula is C17H27N5O2. The van der Waals surface area contributed by atoms with Gasteiger partial charge in [-0.25, -0.2) is 4.79 Å². The van der Waals surface area contributed by atoms with Gasteiger partial charge in [-0.2, -0.15) is 0 Å². The van der Waals surface area contributed by atoms with Crippen LogP contribution in [0.4, 0.5) is 4.79 Å². The average molecular weight is 333 g/mol. The topological polar surface area (TPSA) is 91.5 Å². The molecular weight excluding hydrogens is 306 g/mol. The first-order valence-electron chi connectivity index (χ1n) is 8.24. The smallest absolute Gasteiger partial charge is 0.315 e. The Morgan fingerprint density at radius 3 is 2.67 bits per heavy atom. The number of aromatic nitrogens is 3. The van der Waals surface area contributed by atoms with Crippen molar-refractivity contribution in [1.29, 1.82) is 0 Å². The number of hydrogen-bond donors (Lipinski definition) is 3. The fourth-order valence-electron chi connectivity index (χ4n) is 2.78. The molecule has 2 atom stereocenters. The number of aliphatic hydroxyl groups excluding tert-OH is 1. The van der Waals surface area contributed by atoms with Gasteiger partial charge in [-0.05, 0) is 25.0 Å². The molecule has 7 heteroatoms. The van der Waals surface area contributed by atoms with E-state index >= 15 is 0 Å². The Bertz CT molecular complexity index is 695. The number of nitrogens with one attached hydrogen (secondary N) is 2. The van der Waals surface area contributed by atoms with Crippen LogP contribution >= 0.6 is 0 Å². The normalized spacial score (nSPS) is 14.6. The van der Waals surface area contributed by atoms with Crippen molar-refractivity contribution in [3.05, 3.63) is 30.2 Å². The zero-order valence-corrected chi connectivity index (χ0v) is 14.9. The molecule has 2 amide bonds. The average Bonchev–Trinajstić information content (AvgIpc) is 2.96. The first-order valence-corrected chi connectivity index (χ1v) is 8.24. The lowest BCUT2D eigenvalue weighted by Crippen LogP contribution is -2.47. The fourth-order valence-corrected chi connectivity index (χ4v) is 2.78. The number of hydrogen-bond acceptors (Lipinski definition) is 4. The predicted octanol–water partition coefficient (Wildman–Crippen LogP) is 2.13. The van der Waals surface area contributed by atoms with Crippen molar-refractivity contribution in [2.45, 2.75) is 46.8 Å². The summed E-state index contributed by atoms with van der Waals surface area (Å²) in [6.45, 7) is 10.0. The highest BCUT2D eigenvalue weighted by atomic mass is 16.3.